The molecular formula is C41H26N6. The molecule has 0 N–H and O–H groups in total. The highest BCUT2D eigenvalue weighted by atomic mass is 15.2. The maximum atomic E-state index is 5.19. The Hall–Kier alpha value is -6.53. The summed E-state index contributed by atoms with van der Waals surface area (Å²) in [5.74, 6) is 0.835. The summed E-state index contributed by atoms with van der Waals surface area (Å²) >= 11 is 0. The summed E-state index contributed by atoms with van der Waals surface area (Å²) < 4.78 is 6.78. The van der Waals surface area contributed by atoms with Crippen LogP contribution in [0.4, 0.5) is 0 Å². The number of para-hydroxylation sites is 4. The fraction of sp³-hybridized carbons (Fsp3) is 0. The normalized spacial score (nSPS) is 11.8. The van der Waals surface area contributed by atoms with Gasteiger partial charge in [-0.3, -0.25) is 19.1 Å². The number of nitrogens with zero attached hydrogens (tertiary/aromatic N) is 6. The Morgan fingerprint density at radius 3 is 1.55 bits per heavy atom. The SMILES string of the molecule is c1ccc(-n2c(-n3c4ccc(-c5ccc6c(c5)c5ccncc5n6-c5ccccc5)cc4c4ccncc43)nc3ccccc32)cc1. The monoisotopic (exact) mass is 602 g/mol. The summed E-state index contributed by atoms with van der Waals surface area (Å²) in [6, 6.07) is 47.0. The van der Waals surface area contributed by atoms with E-state index in [0.717, 1.165) is 72.3 Å². The van der Waals surface area contributed by atoms with Crippen molar-refractivity contribution in [1.29, 1.82) is 0 Å². The molecule has 0 saturated heterocycles. The van der Waals surface area contributed by atoms with E-state index >= 15 is 0 Å². The van der Waals surface area contributed by atoms with Crippen molar-refractivity contribution in [2.75, 3.05) is 0 Å². The quantitative estimate of drug-likeness (QED) is 0.202. The fourth-order valence-corrected chi connectivity index (χ4v) is 7.16. The van der Waals surface area contributed by atoms with Crippen LogP contribution in [0.5, 0.6) is 0 Å². The minimum Gasteiger partial charge on any atom is -0.308 e. The van der Waals surface area contributed by atoms with Gasteiger partial charge in [-0.25, -0.2) is 4.98 Å². The van der Waals surface area contributed by atoms with Gasteiger partial charge in [0.1, 0.15) is 0 Å². The molecule has 0 bridgehead atoms. The molecule has 0 aliphatic rings. The van der Waals surface area contributed by atoms with Gasteiger partial charge >= 0.3 is 0 Å². The molecule has 0 fully saturated rings. The lowest BCUT2D eigenvalue weighted by atomic mass is 10.0. The molecule has 6 heteroatoms. The molecule has 0 spiro atoms. The van der Waals surface area contributed by atoms with Gasteiger partial charge in [0.2, 0.25) is 5.95 Å². The zero-order valence-electron chi connectivity index (χ0n) is 25.2. The van der Waals surface area contributed by atoms with Crippen LogP contribution in [0.2, 0.25) is 0 Å². The maximum Gasteiger partial charge on any atom is 0.220 e. The number of benzene rings is 5. The third kappa shape index (κ3) is 3.82. The number of hydrogen-bond donors (Lipinski definition) is 0. The van der Waals surface area contributed by atoms with Crippen molar-refractivity contribution in [3.63, 3.8) is 0 Å². The number of rotatable bonds is 4. The minimum atomic E-state index is 0.835. The molecule has 5 heterocycles. The van der Waals surface area contributed by atoms with Gasteiger partial charge in [-0.05, 0) is 83.9 Å². The second kappa shape index (κ2) is 9.99. The molecule has 6 nitrogen and oxygen atoms in total. The van der Waals surface area contributed by atoms with Crippen molar-refractivity contribution in [2.24, 2.45) is 0 Å². The van der Waals surface area contributed by atoms with Crippen molar-refractivity contribution in [2.45, 2.75) is 0 Å². The number of imidazole rings is 1. The van der Waals surface area contributed by atoms with Crippen LogP contribution >= 0.6 is 0 Å². The smallest absolute Gasteiger partial charge is 0.220 e. The van der Waals surface area contributed by atoms with Gasteiger partial charge < -0.3 is 4.57 Å². The Labute approximate surface area is 269 Å². The second-order valence-electron chi connectivity index (χ2n) is 11.8. The average Bonchev–Trinajstić information content (AvgIpc) is 3.79. The molecule has 220 valence electrons. The highest BCUT2D eigenvalue weighted by Gasteiger charge is 2.21. The number of pyridine rings is 2. The Bertz CT molecular complexity index is 2790. The Morgan fingerprint density at radius 2 is 0.915 bits per heavy atom. The predicted molar refractivity (Wildman–Crippen MR) is 191 cm³/mol. The molecule has 10 rings (SSSR count). The van der Waals surface area contributed by atoms with Crippen molar-refractivity contribution >= 4 is 54.6 Å². The molecule has 0 aliphatic carbocycles. The summed E-state index contributed by atoms with van der Waals surface area (Å²) in [4.78, 5) is 14.2. The zero-order chi connectivity index (χ0) is 30.9. The predicted octanol–water partition coefficient (Wildman–Crippen LogP) is 9.68. The molecule has 47 heavy (non-hydrogen) atoms. The number of aromatic nitrogens is 6. The average molecular weight is 603 g/mol. The molecule has 10 aromatic rings. The lowest BCUT2D eigenvalue weighted by Gasteiger charge is -2.12. The minimum absolute atomic E-state index is 0.835. The van der Waals surface area contributed by atoms with Gasteiger partial charge in [-0.2, -0.15) is 0 Å². The first-order valence-corrected chi connectivity index (χ1v) is 15.7. The standard InChI is InChI=1S/C41H26N6/c1-3-9-29(10-4-1)45-36-17-15-27(23-33(36)31-19-21-42-25-39(31)45)28-16-18-37-34(24-28)32-20-22-43-26-40(32)47(37)41-44-35-13-7-8-14-38(35)46(41)30-11-5-2-6-12-30/h1-26H. The lowest BCUT2D eigenvalue weighted by molar-refractivity contribution is 0.954. The van der Waals surface area contributed by atoms with E-state index in [2.05, 4.69) is 139 Å². The van der Waals surface area contributed by atoms with Crippen LogP contribution in [0.15, 0.2) is 158 Å². The molecule has 0 amide bonds. The van der Waals surface area contributed by atoms with Gasteiger partial charge in [0.15, 0.2) is 0 Å². The van der Waals surface area contributed by atoms with Crippen molar-refractivity contribution in [1.82, 2.24) is 28.7 Å². The van der Waals surface area contributed by atoms with E-state index in [-0.39, 0.29) is 0 Å². The Balaban J connectivity index is 1.20. The molecule has 0 radical (unpaired) electrons. The molecule has 0 aliphatic heterocycles. The van der Waals surface area contributed by atoms with Crippen molar-refractivity contribution in [3.8, 4) is 28.5 Å². The van der Waals surface area contributed by atoms with Crippen molar-refractivity contribution in [3.05, 3.63) is 158 Å². The first-order chi connectivity index (χ1) is 23.3. The Kier molecular flexibility index (Phi) is 5.48. The van der Waals surface area contributed by atoms with E-state index in [4.69, 9.17) is 4.98 Å². The van der Waals surface area contributed by atoms with Crippen LogP contribution in [0.25, 0.3) is 83.1 Å². The van der Waals surface area contributed by atoms with Crippen LogP contribution < -0.4 is 0 Å². The van der Waals surface area contributed by atoms with Gasteiger partial charge in [0.05, 0.1) is 45.5 Å². The van der Waals surface area contributed by atoms with Gasteiger partial charge in [0, 0.05) is 45.3 Å². The first-order valence-electron chi connectivity index (χ1n) is 15.7. The van der Waals surface area contributed by atoms with Gasteiger partial charge in [-0.15, -0.1) is 0 Å². The topological polar surface area (TPSA) is 53.5 Å². The van der Waals surface area contributed by atoms with E-state index in [1.54, 1.807) is 0 Å². The first kappa shape index (κ1) is 25.8. The van der Waals surface area contributed by atoms with E-state index in [1.807, 2.05) is 43.0 Å². The van der Waals surface area contributed by atoms with Crippen LogP contribution in [-0.4, -0.2) is 28.7 Å². The molecule has 5 aromatic heterocycles. The van der Waals surface area contributed by atoms with E-state index in [0.29, 0.717) is 0 Å². The van der Waals surface area contributed by atoms with Crippen LogP contribution in [0.3, 0.4) is 0 Å². The largest absolute Gasteiger partial charge is 0.308 e. The van der Waals surface area contributed by atoms with Crippen LogP contribution in [-0.2, 0) is 0 Å². The third-order valence-corrected chi connectivity index (χ3v) is 9.24. The summed E-state index contributed by atoms with van der Waals surface area (Å²) in [6.45, 7) is 0. The van der Waals surface area contributed by atoms with Gasteiger partial charge in [0.25, 0.3) is 0 Å². The molecular weight excluding hydrogens is 576 g/mol. The second-order valence-corrected chi connectivity index (χ2v) is 11.8. The number of hydrogen-bond acceptors (Lipinski definition) is 3. The lowest BCUT2D eigenvalue weighted by Crippen LogP contribution is -2.05. The molecule has 5 aromatic carbocycles. The van der Waals surface area contributed by atoms with Gasteiger partial charge in [-0.1, -0.05) is 60.7 Å². The molecule has 0 saturated carbocycles. The van der Waals surface area contributed by atoms with Crippen LogP contribution in [0.1, 0.15) is 0 Å². The highest BCUT2D eigenvalue weighted by Crippen LogP contribution is 2.38. The molecule has 0 unspecified atom stereocenters. The number of fused-ring (bicyclic) bond motifs is 7. The summed E-state index contributed by atoms with van der Waals surface area (Å²) in [5.41, 5.74) is 10.9. The highest BCUT2D eigenvalue weighted by molar-refractivity contribution is 6.12. The fourth-order valence-electron chi connectivity index (χ4n) is 7.16. The van der Waals surface area contributed by atoms with E-state index in [9.17, 15) is 0 Å². The third-order valence-electron chi connectivity index (χ3n) is 9.24. The summed E-state index contributed by atoms with van der Waals surface area (Å²) in [7, 11) is 0. The van der Waals surface area contributed by atoms with E-state index in [1.165, 1.54) is 10.8 Å². The maximum absolute atomic E-state index is 5.19. The van der Waals surface area contributed by atoms with Crippen LogP contribution in [0, 0.1) is 0 Å². The van der Waals surface area contributed by atoms with Crippen molar-refractivity contribution < 1.29 is 0 Å². The zero-order valence-corrected chi connectivity index (χ0v) is 25.2. The summed E-state index contributed by atoms with van der Waals surface area (Å²) in [5, 5.41) is 4.68. The van der Waals surface area contributed by atoms with E-state index < -0.39 is 0 Å². The molecule has 0 atom stereocenters. The Morgan fingerprint density at radius 1 is 0.383 bits per heavy atom. The summed E-state index contributed by atoms with van der Waals surface area (Å²) in [6.07, 6.45) is 7.65.